The molecule has 0 aliphatic heterocycles. The number of hydrogen-bond donors (Lipinski definition) is 4. The molecule has 4 N–H and O–H groups in total. The third-order valence-electron chi connectivity index (χ3n) is 3.47. The molecular formula is C18H15N3NiO6S. The number of ketones is 2. The van der Waals surface area contributed by atoms with Crippen LogP contribution in [0.3, 0.4) is 0 Å². The van der Waals surface area contributed by atoms with Crippen LogP contribution in [0, 0.1) is 0 Å². The van der Waals surface area contributed by atoms with Crippen molar-refractivity contribution >= 4 is 40.4 Å². The van der Waals surface area contributed by atoms with Crippen LogP contribution in [0.1, 0.15) is 0 Å². The number of allylic oxidation sites excluding steroid dienone is 8. The third kappa shape index (κ3) is 6.16. The van der Waals surface area contributed by atoms with E-state index < -0.39 is 23.5 Å². The van der Waals surface area contributed by atoms with E-state index in [0.29, 0.717) is 5.17 Å². The van der Waals surface area contributed by atoms with Gasteiger partial charge in [0.2, 0.25) is 11.6 Å². The molecule has 29 heavy (non-hydrogen) atoms. The quantitative estimate of drug-likeness (QED) is 0.117. The summed E-state index contributed by atoms with van der Waals surface area (Å²) in [7, 11) is 0. The molecule has 0 heterocycles. The minimum Gasteiger partial charge on any atom is -0.478 e. The number of nitrogens with one attached hydrogen (secondary N) is 2. The first-order valence-corrected chi connectivity index (χ1v) is 8.94. The molecule has 0 aromatic heterocycles. The first-order chi connectivity index (χ1) is 13.3. The maximum atomic E-state index is 12.0. The maximum Gasteiger partial charge on any atom is 0.339 e. The number of hydrogen-bond acceptors (Lipinski definition) is 7. The van der Waals surface area contributed by atoms with Crippen LogP contribution in [0.25, 0.3) is 0 Å². The van der Waals surface area contributed by atoms with E-state index in [1.807, 2.05) is 0 Å². The second kappa shape index (κ2) is 11.0. The third-order valence-corrected chi connectivity index (χ3v) is 4.07. The van der Waals surface area contributed by atoms with E-state index in [1.165, 1.54) is 60.6 Å². The van der Waals surface area contributed by atoms with E-state index in [2.05, 4.69) is 15.8 Å². The molecule has 2 aliphatic rings. The number of carboxylic acid groups (broad SMARTS) is 2. The van der Waals surface area contributed by atoms with Gasteiger partial charge < -0.3 is 15.6 Å². The van der Waals surface area contributed by atoms with E-state index >= 15 is 0 Å². The average molecular weight is 460 g/mol. The van der Waals surface area contributed by atoms with Gasteiger partial charge in [0, 0.05) is 40.0 Å². The Morgan fingerprint density at radius 3 is 2.03 bits per heavy atom. The van der Waals surface area contributed by atoms with Crippen LogP contribution in [0.4, 0.5) is 0 Å². The molecule has 0 radical (unpaired) electrons. The van der Waals surface area contributed by atoms with Crippen molar-refractivity contribution in [3.05, 3.63) is 71.1 Å². The van der Waals surface area contributed by atoms with Crippen molar-refractivity contribution in [2.45, 2.75) is 0 Å². The smallest absolute Gasteiger partial charge is 0.339 e. The number of carbonyl (C=O) groups excluding carboxylic acids is 2. The average Bonchev–Trinajstić information content (AvgIpc) is 2.66. The van der Waals surface area contributed by atoms with Gasteiger partial charge in [0.05, 0.1) is 0 Å². The Morgan fingerprint density at radius 2 is 1.52 bits per heavy atom. The van der Waals surface area contributed by atoms with Gasteiger partial charge in [-0.05, 0) is 30.6 Å². The fourth-order valence-electron chi connectivity index (χ4n) is 2.10. The van der Waals surface area contributed by atoms with Gasteiger partial charge in [-0.25, -0.2) is 14.6 Å². The summed E-state index contributed by atoms with van der Waals surface area (Å²) in [5, 5.41) is 18.2. The topological polar surface area (TPSA) is 145 Å². The second-order valence-electron chi connectivity index (χ2n) is 5.24. The maximum absolute atomic E-state index is 12.0. The normalized spacial score (nSPS) is 18.9. The van der Waals surface area contributed by atoms with E-state index in [4.69, 9.17) is 10.2 Å². The fraction of sp³-hybridized carbons (Fsp3) is 0.0556. The Balaban J connectivity index is 0.00000420. The van der Waals surface area contributed by atoms with Gasteiger partial charge in [0.1, 0.15) is 11.1 Å². The molecule has 0 aromatic rings. The SMILES string of the molecule is CSC(=NC=C1C=CC=C(C(=O)O)C1=O)NNC=C1C=CC=C(C(=O)O)C1=O.[Ni]. The number of aliphatic imine (C=N–C) groups is 1. The van der Waals surface area contributed by atoms with Gasteiger partial charge in [-0.15, -0.1) is 0 Å². The Labute approximate surface area is 179 Å². The van der Waals surface area contributed by atoms with E-state index in [1.54, 1.807) is 6.26 Å². The van der Waals surface area contributed by atoms with Gasteiger partial charge in [-0.3, -0.25) is 15.0 Å². The Kier molecular flexibility index (Phi) is 9.04. The molecule has 2 aliphatic carbocycles. The van der Waals surface area contributed by atoms with Crippen molar-refractivity contribution in [3.8, 4) is 0 Å². The van der Waals surface area contributed by atoms with Crippen LogP contribution in [0.5, 0.6) is 0 Å². The first kappa shape index (κ1) is 23.9. The van der Waals surface area contributed by atoms with Gasteiger partial charge in [0.25, 0.3) is 0 Å². The molecule has 9 nitrogen and oxygen atoms in total. The Bertz CT molecular complexity index is 957. The predicted octanol–water partition coefficient (Wildman–Crippen LogP) is 0.865. The van der Waals surface area contributed by atoms with Crippen LogP contribution < -0.4 is 10.9 Å². The zero-order valence-electron chi connectivity index (χ0n) is 14.8. The summed E-state index contributed by atoms with van der Waals surface area (Å²) in [6.45, 7) is 0. The molecule has 0 atom stereocenters. The molecule has 0 saturated heterocycles. The van der Waals surface area contributed by atoms with E-state index in [-0.39, 0.29) is 38.8 Å². The summed E-state index contributed by atoms with van der Waals surface area (Å²) in [6, 6.07) is 0. The molecular weight excluding hydrogens is 445 g/mol. The summed E-state index contributed by atoms with van der Waals surface area (Å²) in [5.41, 5.74) is 4.86. The molecule has 154 valence electrons. The van der Waals surface area contributed by atoms with Crippen molar-refractivity contribution in [3.63, 3.8) is 0 Å². The van der Waals surface area contributed by atoms with Crippen molar-refractivity contribution in [2.24, 2.45) is 4.99 Å². The zero-order chi connectivity index (χ0) is 20.7. The number of rotatable bonds is 5. The predicted molar refractivity (Wildman–Crippen MR) is 103 cm³/mol. The minimum absolute atomic E-state index is 0. The second-order valence-corrected chi connectivity index (χ2v) is 6.03. The molecule has 0 amide bonds. The number of aliphatic carboxylic acids is 2. The summed E-state index contributed by atoms with van der Waals surface area (Å²) in [5.74, 6) is -3.92. The van der Waals surface area contributed by atoms with Crippen LogP contribution >= 0.6 is 11.8 Å². The van der Waals surface area contributed by atoms with Gasteiger partial charge in [0.15, 0.2) is 5.17 Å². The van der Waals surface area contributed by atoms with E-state index in [9.17, 15) is 19.2 Å². The Hall–Kier alpha value is -3.17. The number of Topliss-reactive ketones (excluding diaryl/α,β-unsaturated/α-hetero) is 2. The molecule has 0 fully saturated rings. The summed E-state index contributed by atoms with van der Waals surface area (Å²) >= 11 is 1.19. The largest absolute Gasteiger partial charge is 0.478 e. The molecule has 0 spiro atoms. The molecule has 0 bridgehead atoms. The van der Waals surface area contributed by atoms with Crippen LogP contribution in [-0.2, 0) is 35.7 Å². The monoisotopic (exact) mass is 459 g/mol. The summed E-state index contributed by atoms with van der Waals surface area (Å²) < 4.78 is 0. The number of nitrogens with zero attached hydrogens (tertiary/aromatic N) is 1. The molecule has 0 aromatic carbocycles. The van der Waals surface area contributed by atoms with Crippen LogP contribution in [0.2, 0.25) is 0 Å². The number of thioether (sulfide) groups is 1. The molecule has 2 rings (SSSR count). The van der Waals surface area contributed by atoms with Gasteiger partial charge >= 0.3 is 11.9 Å². The van der Waals surface area contributed by atoms with E-state index in [0.717, 1.165) is 0 Å². The van der Waals surface area contributed by atoms with Crippen LogP contribution in [0.15, 0.2) is 76.1 Å². The molecule has 11 heteroatoms. The molecule has 0 saturated carbocycles. The number of hydrazine groups is 1. The van der Waals surface area contributed by atoms with Crippen molar-refractivity contribution < 1.29 is 45.9 Å². The van der Waals surface area contributed by atoms with Crippen molar-refractivity contribution in [1.29, 1.82) is 0 Å². The minimum atomic E-state index is -1.32. The Morgan fingerprint density at radius 1 is 1.00 bits per heavy atom. The zero-order valence-corrected chi connectivity index (χ0v) is 16.6. The summed E-state index contributed by atoms with van der Waals surface area (Å²) in [6.07, 6.45) is 12.4. The van der Waals surface area contributed by atoms with Crippen molar-refractivity contribution in [1.82, 2.24) is 10.9 Å². The standard InChI is InChI=1S/C18H15N3O6S.Ni/c1-28-18(19-8-10-4-2-6-12(14(10)22)16(24)25)21-20-9-11-5-3-7-13(15(11)23)17(26)27;/h2-9,20H,1H3,(H,19,21)(H,24,25)(H,26,27);. The van der Waals surface area contributed by atoms with Crippen molar-refractivity contribution in [2.75, 3.05) is 6.26 Å². The van der Waals surface area contributed by atoms with Gasteiger partial charge in [-0.2, -0.15) is 0 Å². The number of amidine groups is 1. The number of carboxylic acids is 2. The molecule has 0 unspecified atom stereocenters. The van der Waals surface area contributed by atoms with Gasteiger partial charge in [-0.1, -0.05) is 23.9 Å². The first-order valence-electron chi connectivity index (χ1n) is 7.71. The summed E-state index contributed by atoms with van der Waals surface area (Å²) in [4.78, 5) is 50.0. The fourth-order valence-corrected chi connectivity index (χ4v) is 2.42. The van der Waals surface area contributed by atoms with Crippen LogP contribution in [-0.4, -0.2) is 45.1 Å². The number of carbonyl (C=O) groups is 4.